The highest BCUT2D eigenvalue weighted by molar-refractivity contribution is 7.26. The van der Waals surface area contributed by atoms with Crippen LogP contribution in [0.15, 0.2) is 249 Å². The highest BCUT2D eigenvalue weighted by atomic mass is 32.1. The highest BCUT2D eigenvalue weighted by Crippen LogP contribution is 2.48. The molecule has 0 saturated heterocycles. The SMILES string of the molecule is c1cc2c3c(c1)-n1c4ccc(-c5ccc6c(c5)sc5ccccc56)cc4c4cc5c6ccccc6c6ccccc6c5c(c41)B3c1cc(-c3ccc4c(c3)sc3ccccc34)cc3c4cc(-c5ccc6c(c5)sc5ccccc56)ccc4n-2c13. The van der Waals surface area contributed by atoms with E-state index in [1.807, 2.05) is 34.0 Å². The van der Waals surface area contributed by atoms with Crippen LogP contribution >= 0.6 is 34.0 Å². The number of thiophene rings is 3. The Morgan fingerprint density at radius 1 is 0.238 bits per heavy atom. The molecule has 0 N–H and O–H groups in total. The van der Waals surface area contributed by atoms with E-state index in [0.717, 1.165) is 0 Å². The van der Waals surface area contributed by atoms with E-state index in [0.29, 0.717) is 0 Å². The third-order valence-electron chi connectivity index (χ3n) is 19.2. The molecule has 0 aliphatic carbocycles. The summed E-state index contributed by atoms with van der Waals surface area (Å²) in [6, 6.07) is 95.7. The molecule has 84 heavy (non-hydrogen) atoms. The predicted molar refractivity (Wildman–Crippen MR) is 367 cm³/mol. The molecule has 2 nitrogen and oxygen atoms in total. The molecule has 0 amide bonds. The number of fused-ring (bicyclic) bond motifs is 26. The van der Waals surface area contributed by atoms with Crippen LogP contribution < -0.4 is 16.4 Å². The number of benzene rings is 14. The maximum Gasteiger partial charge on any atom is 0.253 e. The molecule has 0 saturated carbocycles. The zero-order valence-electron chi connectivity index (χ0n) is 44.9. The van der Waals surface area contributed by atoms with Gasteiger partial charge in [0.15, 0.2) is 0 Å². The van der Waals surface area contributed by atoms with Crippen LogP contribution in [0.3, 0.4) is 0 Å². The normalized spacial score (nSPS) is 13.0. The second-order valence-corrected chi connectivity index (χ2v) is 26.6. The standard InChI is InChI=1S/C78H41BN2S3/c1-2-14-50-48(12-1)49-13-3-4-18-57(49)74-60(50)41-62-59-35-43(45-25-30-55-52-16-6-9-22-69(52)83-72(55)39-45)28-33-65(59)81-67-20-11-19-66-75(67)79(76(74)78(62)81)63-37-47(46-26-31-56-53-17-7-10-23-70(53)84-73(56)40-46)36-61-58-34-42(27-32-64(58)80(66)77(61)63)44-24-29-54-51-15-5-8-21-68(51)82-71(54)38-44/h1-41H. The first-order valence-corrected chi connectivity index (χ1v) is 31.4. The van der Waals surface area contributed by atoms with E-state index in [-0.39, 0.29) is 6.71 Å². The second-order valence-electron chi connectivity index (χ2n) is 23.4. The van der Waals surface area contributed by atoms with Crippen LogP contribution in [0, 0.1) is 0 Å². The van der Waals surface area contributed by atoms with Gasteiger partial charge in [-0.2, -0.15) is 0 Å². The summed E-state index contributed by atoms with van der Waals surface area (Å²) in [5, 5.41) is 20.9. The van der Waals surface area contributed by atoms with Crippen molar-refractivity contribution < 1.29 is 0 Å². The van der Waals surface area contributed by atoms with Crippen molar-refractivity contribution in [1.82, 2.24) is 9.13 Å². The van der Waals surface area contributed by atoms with E-state index in [1.54, 1.807) is 0 Å². The maximum atomic E-state index is 2.66. The molecule has 0 unspecified atom stereocenters. The number of nitrogens with zero attached hydrogens (tertiary/aromatic N) is 2. The van der Waals surface area contributed by atoms with Gasteiger partial charge in [0.25, 0.3) is 6.71 Å². The van der Waals surface area contributed by atoms with Crippen LogP contribution in [0.2, 0.25) is 0 Å². The largest absolute Gasteiger partial charge is 0.310 e. The molecule has 5 aromatic heterocycles. The molecule has 21 rings (SSSR count). The van der Waals surface area contributed by atoms with E-state index < -0.39 is 0 Å². The van der Waals surface area contributed by atoms with Crippen LogP contribution in [-0.2, 0) is 0 Å². The van der Waals surface area contributed by atoms with Gasteiger partial charge in [0.2, 0.25) is 0 Å². The summed E-state index contributed by atoms with van der Waals surface area (Å²) in [6.45, 7) is -0.0965. The first kappa shape index (κ1) is 44.8. The fourth-order valence-corrected chi connectivity index (χ4v) is 19.1. The van der Waals surface area contributed by atoms with Gasteiger partial charge >= 0.3 is 0 Å². The van der Waals surface area contributed by atoms with Crippen molar-refractivity contribution in [2.45, 2.75) is 0 Å². The summed E-state index contributed by atoms with van der Waals surface area (Å²) < 4.78 is 13.2. The smallest absolute Gasteiger partial charge is 0.253 e. The van der Waals surface area contributed by atoms with Crippen LogP contribution in [0.5, 0.6) is 0 Å². The summed E-state index contributed by atoms with van der Waals surface area (Å²) in [6.07, 6.45) is 0. The molecule has 0 atom stereocenters. The molecule has 14 aromatic carbocycles. The Labute approximate surface area is 492 Å². The topological polar surface area (TPSA) is 9.86 Å². The molecule has 0 fully saturated rings. The third kappa shape index (κ3) is 5.75. The van der Waals surface area contributed by atoms with Crippen molar-refractivity contribution in [3.8, 4) is 44.8 Å². The lowest BCUT2D eigenvalue weighted by Crippen LogP contribution is -2.59. The van der Waals surface area contributed by atoms with Gasteiger partial charge in [-0.3, -0.25) is 0 Å². The molecular formula is C78H41BN2S3. The Morgan fingerprint density at radius 3 is 1.17 bits per heavy atom. The molecule has 384 valence electrons. The summed E-state index contributed by atoms with van der Waals surface area (Å²) in [4.78, 5) is 0. The molecule has 2 aliphatic heterocycles. The molecule has 0 bridgehead atoms. The summed E-state index contributed by atoms with van der Waals surface area (Å²) in [7, 11) is 0. The van der Waals surface area contributed by atoms with E-state index >= 15 is 0 Å². The number of hydrogen-bond donors (Lipinski definition) is 0. The monoisotopic (exact) mass is 1110 g/mol. The molecule has 6 heteroatoms. The van der Waals surface area contributed by atoms with Crippen LogP contribution in [0.25, 0.3) is 181 Å². The molecule has 7 heterocycles. The van der Waals surface area contributed by atoms with Gasteiger partial charge in [-0.05, 0) is 167 Å². The average Bonchev–Trinajstić information content (AvgIpc) is 1.52. The van der Waals surface area contributed by atoms with Crippen molar-refractivity contribution in [2.24, 2.45) is 0 Å². The lowest BCUT2D eigenvalue weighted by molar-refractivity contribution is 1.14. The van der Waals surface area contributed by atoms with Crippen molar-refractivity contribution in [2.75, 3.05) is 0 Å². The molecule has 0 radical (unpaired) electrons. The van der Waals surface area contributed by atoms with Crippen molar-refractivity contribution in [3.63, 3.8) is 0 Å². The van der Waals surface area contributed by atoms with Crippen LogP contribution in [-0.4, -0.2) is 15.8 Å². The van der Waals surface area contributed by atoms with E-state index in [1.165, 1.54) is 198 Å². The van der Waals surface area contributed by atoms with E-state index in [2.05, 4.69) is 258 Å². The van der Waals surface area contributed by atoms with Gasteiger partial charge < -0.3 is 9.13 Å². The zero-order valence-corrected chi connectivity index (χ0v) is 47.3. The molecule has 0 spiro atoms. The summed E-state index contributed by atoms with van der Waals surface area (Å²) >= 11 is 5.68. The number of aromatic nitrogens is 2. The van der Waals surface area contributed by atoms with E-state index in [9.17, 15) is 0 Å². The van der Waals surface area contributed by atoms with Gasteiger partial charge in [-0.15, -0.1) is 34.0 Å². The minimum Gasteiger partial charge on any atom is -0.310 e. The van der Waals surface area contributed by atoms with E-state index in [4.69, 9.17) is 0 Å². The second kappa shape index (κ2) is 16.0. The van der Waals surface area contributed by atoms with Crippen LogP contribution in [0.1, 0.15) is 0 Å². The van der Waals surface area contributed by atoms with Crippen molar-refractivity contribution in [1.29, 1.82) is 0 Å². The summed E-state index contributed by atoms with van der Waals surface area (Å²) in [5.41, 5.74) is 19.1. The molecule has 2 aliphatic rings. The van der Waals surface area contributed by atoms with Gasteiger partial charge in [-0.25, -0.2) is 0 Å². The van der Waals surface area contributed by atoms with Gasteiger partial charge in [-0.1, -0.05) is 164 Å². The Balaban J connectivity index is 0.892. The lowest BCUT2D eigenvalue weighted by atomic mass is 9.33. The van der Waals surface area contributed by atoms with Crippen LogP contribution in [0.4, 0.5) is 0 Å². The Morgan fingerprint density at radius 2 is 0.631 bits per heavy atom. The van der Waals surface area contributed by atoms with Gasteiger partial charge in [0.05, 0.1) is 16.6 Å². The Hall–Kier alpha value is -9.82. The maximum absolute atomic E-state index is 2.66. The minimum atomic E-state index is -0.0965. The minimum absolute atomic E-state index is 0.0965. The molecular weight excluding hydrogens is 1070 g/mol. The molecule has 19 aromatic rings. The van der Waals surface area contributed by atoms with Crippen molar-refractivity contribution in [3.05, 3.63) is 249 Å². The zero-order chi connectivity index (χ0) is 54.2. The van der Waals surface area contributed by atoms with Crippen molar-refractivity contribution >= 4 is 194 Å². The highest BCUT2D eigenvalue weighted by Gasteiger charge is 2.43. The average molecular weight is 1110 g/mol. The fourth-order valence-electron chi connectivity index (χ4n) is 15.7. The quantitative estimate of drug-likeness (QED) is 0.123. The summed E-state index contributed by atoms with van der Waals surface area (Å²) in [5.74, 6) is 0. The number of rotatable bonds is 3. The van der Waals surface area contributed by atoms with Gasteiger partial charge in [0.1, 0.15) is 0 Å². The third-order valence-corrected chi connectivity index (χ3v) is 22.7. The fraction of sp³-hybridized carbons (Fsp3) is 0. The number of hydrogen-bond acceptors (Lipinski definition) is 3. The first-order valence-electron chi connectivity index (χ1n) is 29.0. The predicted octanol–water partition coefficient (Wildman–Crippen LogP) is 20.6. The Bertz CT molecular complexity index is 6260. The lowest BCUT2D eigenvalue weighted by Gasteiger charge is -2.35. The Kier molecular flexibility index (Phi) is 8.55. The van der Waals surface area contributed by atoms with Gasteiger partial charge in [0, 0.05) is 99.0 Å². The first-order chi connectivity index (χ1) is 41.6.